The van der Waals surface area contributed by atoms with E-state index in [1.165, 1.54) is 0 Å². The van der Waals surface area contributed by atoms with E-state index < -0.39 is 5.66 Å². The lowest BCUT2D eigenvalue weighted by Gasteiger charge is -2.34. The fourth-order valence-corrected chi connectivity index (χ4v) is 0. The van der Waals surface area contributed by atoms with Crippen LogP contribution in [-0.2, 0) is 0 Å². The third-order valence-electron chi connectivity index (χ3n) is 1.62. The molecule has 2 nitrogen and oxygen atoms in total. The van der Waals surface area contributed by atoms with Crippen LogP contribution in [-0.4, -0.2) is 5.66 Å². The Morgan fingerprint density at radius 1 is 0.800 bits per heavy atom. The Morgan fingerprint density at radius 3 is 0.900 bits per heavy atom. The van der Waals surface area contributed by atoms with E-state index in [2.05, 4.69) is 0 Å². The van der Waals surface area contributed by atoms with Gasteiger partial charge in [0.15, 0.2) is 0 Å². The SMILES string of the molecule is Br.Br.CC(C)(C)C(C)(N)N. The average Bonchev–Trinajstić information content (AvgIpc) is 1.25. The Labute approximate surface area is 84.3 Å². The van der Waals surface area contributed by atoms with Gasteiger partial charge in [0, 0.05) is 0 Å². The van der Waals surface area contributed by atoms with Crippen LogP contribution < -0.4 is 11.5 Å². The summed E-state index contributed by atoms with van der Waals surface area (Å²) < 4.78 is 0. The van der Waals surface area contributed by atoms with E-state index in [9.17, 15) is 0 Å². The minimum absolute atomic E-state index is 0. The predicted molar refractivity (Wildman–Crippen MR) is 56.9 cm³/mol. The normalized spacial score (nSPS) is 11.4. The minimum atomic E-state index is -0.562. The molecule has 0 unspecified atom stereocenters. The van der Waals surface area contributed by atoms with Gasteiger partial charge in [0.25, 0.3) is 0 Å². The largest absolute Gasteiger partial charge is 0.313 e. The van der Waals surface area contributed by atoms with Crippen molar-refractivity contribution >= 4 is 34.0 Å². The summed E-state index contributed by atoms with van der Waals surface area (Å²) >= 11 is 0. The molecule has 0 spiro atoms. The average molecular weight is 278 g/mol. The maximum Gasteiger partial charge on any atom is 0.0657 e. The van der Waals surface area contributed by atoms with E-state index in [1.54, 1.807) is 0 Å². The van der Waals surface area contributed by atoms with Gasteiger partial charge < -0.3 is 11.5 Å². The van der Waals surface area contributed by atoms with Crippen molar-refractivity contribution in [2.75, 3.05) is 0 Å². The molecular formula is C6H18Br2N2. The molecule has 0 amide bonds. The second kappa shape index (κ2) is 4.70. The first-order valence-corrected chi connectivity index (χ1v) is 2.83. The summed E-state index contributed by atoms with van der Waals surface area (Å²) in [5, 5.41) is 0. The fourth-order valence-electron chi connectivity index (χ4n) is 0. The molecule has 0 saturated heterocycles. The molecule has 0 radical (unpaired) electrons. The van der Waals surface area contributed by atoms with Crippen LogP contribution in [0, 0.1) is 5.41 Å². The van der Waals surface area contributed by atoms with Crippen molar-refractivity contribution < 1.29 is 0 Å². The van der Waals surface area contributed by atoms with E-state index in [-0.39, 0.29) is 39.4 Å². The summed E-state index contributed by atoms with van der Waals surface area (Å²) in [5.41, 5.74) is 10.6. The number of nitrogens with two attached hydrogens (primary N) is 2. The lowest BCUT2D eigenvalue weighted by molar-refractivity contribution is 0.216. The molecule has 4 N–H and O–H groups in total. The second-order valence-electron chi connectivity index (χ2n) is 3.53. The monoisotopic (exact) mass is 276 g/mol. The molecule has 0 aliphatic heterocycles. The summed E-state index contributed by atoms with van der Waals surface area (Å²) in [5.74, 6) is 0. The van der Waals surface area contributed by atoms with E-state index in [0.717, 1.165) is 0 Å². The predicted octanol–water partition coefficient (Wildman–Crippen LogP) is 1.82. The van der Waals surface area contributed by atoms with Crippen molar-refractivity contribution in [2.24, 2.45) is 16.9 Å². The fraction of sp³-hybridized carbons (Fsp3) is 1.00. The van der Waals surface area contributed by atoms with Crippen molar-refractivity contribution in [3.8, 4) is 0 Å². The van der Waals surface area contributed by atoms with Gasteiger partial charge in [-0.05, 0) is 12.3 Å². The highest BCUT2D eigenvalue weighted by Gasteiger charge is 2.28. The van der Waals surface area contributed by atoms with Gasteiger partial charge in [0.2, 0.25) is 0 Å². The topological polar surface area (TPSA) is 52.0 Å². The van der Waals surface area contributed by atoms with Gasteiger partial charge >= 0.3 is 0 Å². The zero-order valence-electron chi connectivity index (χ0n) is 6.97. The van der Waals surface area contributed by atoms with Crippen molar-refractivity contribution in [1.29, 1.82) is 0 Å². The zero-order valence-corrected chi connectivity index (χ0v) is 10.4. The summed E-state index contributed by atoms with van der Waals surface area (Å²) in [6.45, 7) is 7.89. The molecular weight excluding hydrogens is 260 g/mol. The van der Waals surface area contributed by atoms with Gasteiger partial charge in [-0.3, -0.25) is 0 Å². The highest BCUT2D eigenvalue weighted by Crippen LogP contribution is 2.22. The molecule has 0 aromatic rings. The quantitative estimate of drug-likeness (QED) is 0.664. The summed E-state index contributed by atoms with van der Waals surface area (Å²) in [6.07, 6.45) is 0. The van der Waals surface area contributed by atoms with E-state index in [1.807, 2.05) is 27.7 Å². The van der Waals surface area contributed by atoms with Crippen LogP contribution in [0.3, 0.4) is 0 Å². The molecule has 0 aliphatic rings. The van der Waals surface area contributed by atoms with E-state index in [0.29, 0.717) is 0 Å². The van der Waals surface area contributed by atoms with Crippen LogP contribution in [0.25, 0.3) is 0 Å². The standard InChI is InChI=1S/C6H16N2.2BrH/c1-5(2,3)6(4,7)8;;/h7-8H2,1-4H3;2*1H. The maximum atomic E-state index is 5.59. The minimum Gasteiger partial charge on any atom is -0.313 e. The van der Waals surface area contributed by atoms with Gasteiger partial charge in [0.1, 0.15) is 0 Å². The van der Waals surface area contributed by atoms with Crippen molar-refractivity contribution in [1.82, 2.24) is 0 Å². The number of hydrogen-bond acceptors (Lipinski definition) is 2. The van der Waals surface area contributed by atoms with Crippen molar-refractivity contribution in [3.05, 3.63) is 0 Å². The number of halogens is 2. The molecule has 0 rings (SSSR count). The Hall–Kier alpha value is 0.880. The van der Waals surface area contributed by atoms with Crippen LogP contribution in [0.5, 0.6) is 0 Å². The Kier molecular flexibility index (Phi) is 8.03. The van der Waals surface area contributed by atoms with Gasteiger partial charge in [0.05, 0.1) is 5.66 Å². The lowest BCUT2D eigenvalue weighted by Crippen LogP contribution is -2.56. The second-order valence-corrected chi connectivity index (χ2v) is 3.53. The van der Waals surface area contributed by atoms with Crippen LogP contribution in [0.15, 0.2) is 0 Å². The molecule has 10 heavy (non-hydrogen) atoms. The Balaban J connectivity index is -0.000000245. The smallest absolute Gasteiger partial charge is 0.0657 e. The number of rotatable bonds is 0. The Morgan fingerprint density at radius 2 is 0.900 bits per heavy atom. The third kappa shape index (κ3) is 5.65. The molecule has 0 aliphatic carbocycles. The molecule has 66 valence electrons. The highest BCUT2D eigenvalue weighted by molar-refractivity contribution is 8.93. The maximum absolute atomic E-state index is 5.59. The van der Waals surface area contributed by atoms with Gasteiger partial charge in [-0.1, -0.05) is 20.8 Å². The van der Waals surface area contributed by atoms with Crippen LogP contribution >= 0.6 is 34.0 Å². The first kappa shape index (κ1) is 17.1. The zero-order chi connectivity index (χ0) is 7.00. The van der Waals surface area contributed by atoms with Crippen LogP contribution in [0.1, 0.15) is 27.7 Å². The molecule has 0 aromatic carbocycles. The summed E-state index contributed by atoms with van der Waals surface area (Å²) in [6, 6.07) is 0. The van der Waals surface area contributed by atoms with Crippen LogP contribution in [0.2, 0.25) is 0 Å². The molecule has 0 fully saturated rings. The number of hydrogen-bond donors (Lipinski definition) is 2. The first-order chi connectivity index (χ1) is 3.25. The van der Waals surface area contributed by atoms with Gasteiger partial charge in [-0.15, -0.1) is 34.0 Å². The third-order valence-corrected chi connectivity index (χ3v) is 1.62. The molecule has 0 heterocycles. The Bertz CT molecular complexity index is 68.7. The van der Waals surface area contributed by atoms with Crippen molar-refractivity contribution in [3.63, 3.8) is 0 Å². The lowest BCUT2D eigenvalue weighted by atomic mass is 9.83. The molecule has 4 heteroatoms. The van der Waals surface area contributed by atoms with Gasteiger partial charge in [-0.25, -0.2) is 0 Å². The first-order valence-electron chi connectivity index (χ1n) is 2.83. The van der Waals surface area contributed by atoms with Crippen molar-refractivity contribution in [2.45, 2.75) is 33.4 Å². The van der Waals surface area contributed by atoms with E-state index >= 15 is 0 Å². The molecule has 0 aromatic heterocycles. The summed E-state index contributed by atoms with van der Waals surface area (Å²) in [7, 11) is 0. The molecule has 0 saturated carbocycles. The van der Waals surface area contributed by atoms with E-state index in [4.69, 9.17) is 11.5 Å². The highest BCUT2D eigenvalue weighted by atomic mass is 79.9. The summed E-state index contributed by atoms with van der Waals surface area (Å²) in [4.78, 5) is 0. The van der Waals surface area contributed by atoms with Gasteiger partial charge in [-0.2, -0.15) is 0 Å². The molecule has 0 atom stereocenters. The van der Waals surface area contributed by atoms with Crippen LogP contribution in [0.4, 0.5) is 0 Å². The molecule has 0 bridgehead atoms.